The smallest absolute Gasteiger partial charge is 0.306 e. The maximum absolute atomic E-state index is 13.9. The molecule has 2 aromatic carbocycles. The normalized spacial score (nSPS) is 10.5. The van der Waals surface area contributed by atoms with E-state index in [1.807, 2.05) is 0 Å². The van der Waals surface area contributed by atoms with E-state index in [1.165, 1.54) is 30.0 Å². The molecule has 0 saturated carbocycles. The van der Waals surface area contributed by atoms with Crippen LogP contribution in [0, 0.1) is 11.6 Å². The van der Waals surface area contributed by atoms with Crippen LogP contribution in [0.25, 0.3) is 11.1 Å². The molecule has 0 unspecified atom stereocenters. The van der Waals surface area contributed by atoms with Gasteiger partial charge in [0.1, 0.15) is 11.6 Å². The predicted octanol–water partition coefficient (Wildman–Crippen LogP) is 4.68. The number of hydrogen-bond acceptors (Lipinski definition) is 3. The quantitative estimate of drug-likeness (QED) is 0.571. The van der Waals surface area contributed by atoms with Gasteiger partial charge in [0.25, 0.3) is 0 Å². The van der Waals surface area contributed by atoms with Crippen molar-refractivity contribution in [3.8, 4) is 11.1 Å². The van der Waals surface area contributed by atoms with E-state index in [-0.39, 0.29) is 12.4 Å². The predicted molar refractivity (Wildman–Crippen MR) is 83.8 cm³/mol. The third-order valence-electron chi connectivity index (χ3n) is 2.97. The van der Waals surface area contributed by atoms with Gasteiger partial charge in [0.2, 0.25) is 0 Å². The van der Waals surface area contributed by atoms with Crippen LogP contribution in [-0.2, 0) is 9.53 Å². The summed E-state index contributed by atoms with van der Waals surface area (Å²) >= 11 is 1.38. The van der Waals surface area contributed by atoms with E-state index in [0.717, 1.165) is 4.90 Å². The minimum Gasteiger partial charge on any atom is -0.466 e. The van der Waals surface area contributed by atoms with Crippen molar-refractivity contribution in [2.24, 2.45) is 0 Å². The Balaban J connectivity index is 2.18. The first-order valence-electron chi connectivity index (χ1n) is 6.94. The van der Waals surface area contributed by atoms with Crippen LogP contribution in [0.15, 0.2) is 47.4 Å². The second-order valence-electron chi connectivity index (χ2n) is 4.52. The highest BCUT2D eigenvalue weighted by atomic mass is 32.2. The fourth-order valence-electron chi connectivity index (χ4n) is 2.00. The van der Waals surface area contributed by atoms with Gasteiger partial charge in [-0.2, -0.15) is 0 Å². The molecule has 0 heterocycles. The van der Waals surface area contributed by atoms with Crippen LogP contribution in [0.5, 0.6) is 0 Å². The molecule has 22 heavy (non-hydrogen) atoms. The van der Waals surface area contributed by atoms with Gasteiger partial charge in [-0.05, 0) is 31.2 Å². The first-order valence-corrected chi connectivity index (χ1v) is 7.93. The average Bonchev–Trinajstić information content (AvgIpc) is 2.49. The van der Waals surface area contributed by atoms with Crippen molar-refractivity contribution < 1.29 is 18.3 Å². The minimum absolute atomic E-state index is 0.257. The first-order chi connectivity index (χ1) is 10.6. The molecule has 0 atom stereocenters. The summed E-state index contributed by atoms with van der Waals surface area (Å²) in [4.78, 5) is 12.1. The highest BCUT2D eigenvalue weighted by Gasteiger charge is 2.12. The molecule has 0 spiro atoms. The Labute approximate surface area is 132 Å². The van der Waals surface area contributed by atoms with Crippen molar-refractivity contribution in [1.82, 2.24) is 0 Å². The van der Waals surface area contributed by atoms with Crippen molar-refractivity contribution in [2.45, 2.75) is 18.2 Å². The van der Waals surface area contributed by atoms with E-state index >= 15 is 0 Å². The van der Waals surface area contributed by atoms with Crippen LogP contribution in [0.4, 0.5) is 8.78 Å². The Morgan fingerprint density at radius 2 is 1.91 bits per heavy atom. The number of thioether (sulfide) groups is 1. The van der Waals surface area contributed by atoms with E-state index < -0.39 is 11.6 Å². The number of carbonyl (C=O) groups is 1. The van der Waals surface area contributed by atoms with E-state index in [0.29, 0.717) is 23.5 Å². The maximum Gasteiger partial charge on any atom is 0.306 e. The lowest BCUT2D eigenvalue weighted by molar-refractivity contribution is -0.142. The minimum atomic E-state index is -0.423. The molecular formula is C17H16F2O2S. The van der Waals surface area contributed by atoms with Crippen molar-refractivity contribution in [3.05, 3.63) is 54.1 Å². The zero-order chi connectivity index (χ0) is 15.9. The Hall–Kier alpha value is -1.88. The van der Waals surface area contributed by atoms with Crippen LogP contribution in [0.2, 0.25) is 0 Å². The Kier molecular flexibility index (Phi) is 5.95. The molecule has 0 aliphatic rings. The number of halogens is 2. The summed E-state index contributed by atoms with van der Waals surface area (Å²) in [6.45, 7) is 2.10. The van der Waals surface area contributed by atoms with Gasteiger partial charge in [0, 0.05) is 21.8 Å². The van der Waals surface area contributed by atoms with E-state index in [2.05, 4.69) is 0 Å². The fraction of sp³-hybridized carbons (Fsp3) is 0.235. The van der Waals surface area contributed by atoms with Gasteiger partial charge >= 0.3 is 5.97 Å². The van der Waals surface area contributed by atoms with Crippen molar-refractivity contribution in [1.29, 1.82) is 0 Å². The molecule has 2 nitrogen and oxygen atoms in total. The Morgan fingerprint density at radius 1 is 1.14 bits per heavy atom. The zero-order valence-corrected chi connectivity index (χ0v) is 13.0. The summed E-state index contributed by atoms with van der Waals surface area (Å²) in [7, 11) is 0. The third kappa shape index (κ3) is 4.31. The highest BCUT2D eigenvalue weighted by molar-refractivity contribution is 7.99. The Morgan fingerprint density at radius 3 is 2.64 bits per heavy atom. The fourth-order valence-corrected chi connectivity index (χ4v) is 2.97. The van der Waals surface area contributed by atoms with Gasteiger partial charge in [-0.25, -0.2) is 8.78 Å². The topological polar surface area (TPSA) is 26.3 Å². The van der Waals surface area contributed by atoms with Gasteiger partial charge < -0.3 is 4.74 Å². The van der Waals surface area contributed by atoms with Gasteiger partial charge in [-0.3, -0.25) is 4.79 Å². The second kappa shape index (κ2) is 7.94. The molecule has 0 fully saturated rings. The largest absolute Gasteiger partial charge is 0.466 e. The lowest BCUT2D eigenvalue weighted by atomic mass is 10.1. The molecule has 0 aromatic heterocycles. The van der Waals surface area contributed by atoms with E-state index in [1.54, 1.807) is 31.2 Å². The number of ether oxygens (including phenoxy) is 1. The molecule has 5 heteroatoms. The lowest BCUT2D eigenvalue weighted by Crippen LogP contribution is -2.04. The van der Waals surface area contributed by atoms with Crippen LogP contribution in [0.3, 0.4) is 0 Å². The van der Waals surface area contributed by atoms with E-state index in [4.69, 9.17) is 4.74 Å². The molecule has 0 aliphatic heterocycles. The highest BCUT2D eigenvalue weighted by Crippen LogP contribution is 2.33. The number of hydrogen-bond donors (Lipinski definition) is 0. The average molecular weight is 322 g/mol. The SMILES string of the molecule is CCOC(=O)CCSc1ccc(F)cc1-c1ccccc1F. The molecule has 0 radical (unpaired) electrons. The second-order valence-corrected chi connectivity index (χ2v) is 5.66. The number of benzene rings is 2. The van der Waals surface area contributed by atoms with Crippen LogP contribution in [-0.4, -0.2) is 18.3 Å². The van der Waals surface area contributed by atoms with Gasteiger partial charge in [0.05, 0.1) is 13.0 Å². The molecular weight excluding hydrogens is 306 g/mol. The van der Waals surface area contributed by atoms with Gasteiger partial charge in [0.15, 0.2) is 0 Å². The molecule has 0 saturated heterocycles. The molecule has 116 valence electrons. The summed E-state index contributed by atoms with van der Waals surface area (Å²) in [5.41, 5.74) is 0.840. The maximum atomic E-state index is 13.9. The van der Waals surface area contributed by atoms with E-state index in [9.17, 15) is 13.6 Å². The summed E-state index contributed by atoms with van der Waals surface area (Å²) in [5.74, 6) is -0.607. The van der Waals surface area contributed by atoms with Gasteiger partial charge in [-0.1, -0.05) is 18.2 Å². The summed E-state index contributed by atoms with van der Waals surface area (Å²) < 4.78 is 32.3. The third-order valence-corrected chi connectivity index (χ3v) is 4.05. The Bertz CT molecular complexity index is 659. The molecule has 0 aliphatic carbocycles. The van der Waals surface area contributed by atoms with Crippen LogP contribution >= 0.6 is 11.8 Å². The summed E-state index contributed by atoms with van der Waals surface area (Å²) in [6, 6.07) is 10.5. The van der Waals surface area contributed by atoms with Crippen molar-refractivity contribution in [3.63, 3.8) is 0 Å². The molecule has 2 rings (SSSR count). The number of carbonyl (C=O) groups excluding carboxylic acids is 1. The van der Waals surface area contributed by atoms with Crippen LogP contribution < -0.4 is 0 Å². The van der Waals surface area contributed by atoms with Crippen molar-refractivity contribution in [2.75, 3.05) is 12.4 Å². The lowest BCUT2D eigenvalue weighted by Gasteiger charge is -2.10. The monoisotopic (exact) mass is 322 g/mol. The molecule has 2 aromatic rings. The zero-order valence-electron chi connectivity index (χ0n) is 12.1. The molecule has 0 N–H and O–H groups in total. The number of rotatable bonds is 6. The molecule has 0 amide bonds. The summed E-state index contributed by atoms with van der Waals surface area (Å²) in [5, 5.41) is 0. The first kappa shape index (κ1) is 16.5. The summed E-state index contributed by atoms with van der Waals surface area (Å²) in [6.07, 6.45) is 0.257. The standard InChI is InChI=1S/C17H16F2O2S/c1-2-21-17(20)9-10-22-16-8-7-12(18)11-14(16)13-5-3-4-6-15(13)19/h3-8,11H,2,9-10H2,1H3. The van der Waals surface area contributed by atoms with Crippen LogP contribution in [0.1, 0.15) is 13.3 Å². The van der Waals surface area contributed by atoms with Crippen molar-refractivity contribution >= 4 is 17.7 Å². The van der Waals surface area contributed by atoms with Gasteiger partial charge in [-0.15, -0.1) is 11.8 Å². The molecule has 0 bridgehead atoms. The number of esters is 1.